The molecule has 0 fully saturated rings. The molecule has 0 unspecified atom stereocenters. The molecule has 0 aliphatic carbocycles. The van der Waals surface area contributed by atoms with Gasteiger partial charge >= 0.3 is 0 Å². The Morgan fingerprint density at radius 2 is 2.00 bits per heavy atom. The largest absolute Gasteiger partial charge is 0.399 e. The highest BCUT2D eigenvalue weighted by Crippen LogP contribution is 2.20. The van der Waals surface area contributed by atoms with Gasteiger partial charge in [0.1, 0.15) is 5.82 Å². The molecule has 0 bridgehead atoms. The molecule has 0 spiro atoms. The van der Waals surface area contributed by atoms with Crippen molar-refractivity contribution in [3.63, 3.8) is 0 Å². The zero-order valence-electron chi connectivity index (χ0n) is 10.2. The van der Waals surface area contributed by atoms with Gasteiger partial charge < -0.3 is 11.1 Å². The number of rotatable bonds is 2. The Morgan fingerprint density at radius 3 is 2.68 bits per heavy atom. The maximum absolute atomic E-state index is 13.4. The normalized spacial score (nSPS) is 10.3. The minimum Gasteiger partial charge on any atom is -0.399 e. The van der Waals surface area contributed by atoms with E-state index in [9.17, 15) is 9.18 Å². The molecule has 19 heavy (non-hydrogen) atoms. The van der Waals surface area contributed by atoms with Crippen molar-refractivity contribution in [2.24, 2.45) is 0 Å². The summed E-state index contributed by atoms with van der Waals surface area (Å²) in [5, 5.41) is 2.71. The summed E-state index contributed by atoms with van der Waals surface area (Å²) in [6, 6.07) is 9.46. The molecular formula is C14H12BrFN2O. The lowest BCUT2D eigenvalue weighted by Gasteiger charge is -2.09. The van der Waals surface area contributed by atoms with Crippen LogP contribution in [0.5, 0.6) is 0 Å². The second-order valence-electron chi connectivity index (χ2n) is 4.16. The van der Waals surface area contributed by atoms with E-state index in [-0.39, 0.29) is 11.5 Å². The van der Waals surface area contributed by atoms with Crippen molar-refractivity contribution in [3.05, 3.63) is 57.8 Å². The van der Waals surface area contributed by atoms with Gasteiger partial charge in [0, 0.05) is 16.9 Å². The Hall–Kier alpha value is -1.88. The number of carbonyl (C=O) groups is 1. The van der Waals surface area contributed by atoms with Crippen LogP contribution in [0.15, 0.2) is 40.9 Å². The monoisotopic (exact) mass is 322 g/mol. The van der Waals surface area contributed by atoms with E-state index in [2.05, 4.69) is 21.2 Å². The van der Waals surface area contributed by atoms with Crippen LogP contribution >= 0.6 is 15.9 Å². The molecule has 0 aliphatic rings. The zero-order chi connectivity index (χ0) is 14.0. The van der Waals surface area contributed by atoms with Crippen LogP contribution in [0.25, 0.3) is 0 Å². The van der Waals surface area contributed by atoms with Crippen LogP contribution in [-0.2, 0) is 0 Å². The van der Waals surface area contributed by atoms with Gasteiger partial charge in [-0.1, -0.05) is 6.07 Å². The molecule has 1 amide bonds. The van der Waals surface area contributed by atoms with Crippen molar-refractivity contribution in [2.75, 3.05) is 11.1 Å². The molecule has 5 heteroatoms. The van der Waals surface area contributed by atoms with Crippen molar-refractivity contribution in [1.82, 2.24) is 0 Å². The molecule has 2 rings (SSSR count). The predicted molar refractivity (Wildman–Crippen MR) is 77.6 cm³/mol. The molecular weight excluding hydrogens is 311 g/mol. The molecule has 0 atom stereocenters. The third kappa shape index (κ3) is 3.12. The van der Waals surface area contributed by atoms with E-state index < -0.39 is 5.82 Å². The van der Waals surface area contributed by atoms with Crippen molar-refractivity contribution >= 4 is 33.2 Å². The fourth-order valence-corrected chi connectivity index (χ4v) is 1.85. The molecule has 0 saturated carbocycles. The van der Waals surface area contributed by atoms with Crippen molar-refractivity contribution in [1.29, 1.82) is 0 Å². The fraction of sp³-hybridized carbons (Fsp3) is 0.0714. The minimum absolute atomic E-state index is 0.252. The topological polar surface area (TPSA) is 55.1 Å². The van der Waals surface area contributed by atoms with E-state index in [4.69, 9.17) is 5.73 Å². The fourth-order valence-electron chi connectivity index (χ4n) is 1.61. The maximum Gasteiger partial charge on any atom is 0.255 e. The van der Waals surface area contributed by atoms with Crippen molar-refractivity contribution in [3.8, 4) is 0 Å². The number of halogens is 2. The van der Waals surface area contributed by atoms with Crippen LogP contribution in [0.3, 0.4) is 0 Å². The van der Waals surface area contributed by atoms with Crippen molar-refractivity contribution < 1.29 is 9.18 Å². The van der Waals surface area contributed by atoms with E-state index in [1.165, 1.54) is 12.1 Å². The number of nitrogen functional groups attached to an aromatic ring is 1. The SMILES string of the molecule is Cc1ccc(N)cc1NC(=O)c1ccc(Br)c(F)c1. The van der Waals surface area contributed by atoms with Gasteiger partial charge in [-0.15, -0.1) is 0 Å². The van der Waals surface area contributed by atoms with Gasteiger partial charge in [0.15, 0.2) is 0 Å². The first-order valence-corrected chi connectivity index (χ1v) is 6.39. The Bertz CT molecular complexity index is 643. The summed E-state index contributed by atoms with van der Waals surface area (Å²) in [4.78, 5) is 12.0. The van der Waals surface area contributed by atoms with Crippen LogP contribution in [0.2, 0.25) is 0 Å². The highest BCUT2D eigenvalue weighted by atomic mass is 79.9. The smallest absolute Gasteiger partial charge is 0.255 e. The molecule has 2 aromatic rings. The second-order valence-corrected chi connectivity index (χ2v) is 5.01. The Kier molecular flexibility index (Phi) is 3.85. The number of nitrogens with one attached hydrogen (secondary N) is 1. The third-order valence-corrected chi connectivity index (χ3v) is 3.33. The van der Waals surface area contributed by atoms with E-state index in [0.29, 0.717) is 15.8 Å². The van der Waals surface area contributed by atoms with E-state index in [0.717, 1.165) is 5.56 Å². The van der Waals surface area contributed by atoms with Gasteiger partial charge in [0.05, 0.1) is 4.47 Å². The summed E-state index contributed by atoms with van der Waals surface area (Å²) in [7, 11) is 0. The zero-order valence-corrected chi connectivity index (χ0v) is 11.8. The van der Waals surface area contributed by atoms with Gasteiger partial charge in [0.25, 0.3) is 5.91 Å². The minimum atomic E-state index is -0.475. The highest BCUT2D eigenvalue weighted by Gasteiger charge is 2.10. The van der Waals surface area contributed by atoms with Crippen molar-refractivity contribution in [2.45, 2.75) is 6.92 Å². The maximum atomic E-state index is 13.4. The molecule has 0 aliphatic heterocycles. The Labute approximate surface area is 118 Å². The highest BCUT2D eigenvalue weighted by molar-refractivity contribution is 9.10. The van der Waals surface area contributed by atoms with Gasteiger partial charge in [-0.2, -0.15) is 0 Å². The lowest BCUT2D eigenvalue weighted by molar-refractivity contribution is 0.102. The van der Waals surface area contributed by atoms with Crippen LogP contribution in [-0.4, -0.2) is 5.91 Å². The van der Waals surface area contributed by atoms with Gasteiger partial charge in [-0.25, -0.2) is 4.39 Å². The molecule has 0 aromatic heterocycles. The summed E-state index contributed by atoms with van der Waals surface area (Å²) < 4.78 is 13.7. The number of aryl methyl sites for hydroxylation is 1. The Balaban J connectivity index is 2.25. The quantitative estimate of drug-likeness (QED) is 0.828. The second kappa shape index (κ2) is 5.40. The van der Waals surface area contributed by atoms with E-state index in [1.807, 2.05) is 13.0 Å². The number of anilines is 2. The van der Waals surface area contributed by atoms with Crippen LogP contribution < -0.4 is 11.1 Å². The number of amides is 1. The predicted octanol–water partition coefficient (Wildman–Crippen LogP) is 3.73. The number of hydrogen-bond acceptors (Lipinski definition) is 2. The first-order valence-electron chi connectivity index (χ1n) is 5.60. The molecule has 0 heterocycles. The van der Waals surface area contributed by atoms with Gasteiger partial charge in [-0.05, 0) is 58.7 Å². The summed E-state index contributed by atoms with van der Waals surface area (Å²) in [6.45, 7) is 1.86. The number of carbonyl (C=O) groups excluding carboxylic acids is 1. The number of nitrogens with two attached hydrogens (primary N) is 1. The number of benzene rings is 2. The summed E-state index contributed by atoms with van der Waals surface area (Å²) >= 11 is 3.04. The van der Waals surface area contributed by atoms with Crippen LogP contribution in [0.4, 0.5) is 15.8 Å². The third-order valence-electron chi connectivity index (χ3n) is 2.69. The van der Waals surface area contributed by atoms with Gasteiger partial charge in [-0.3, -0.25) is 4.79 Å². The average molecular weight is 323 g/mol. The summed E-state index contributed by atoms with van der Waals surface area (Å²) in [5.41, 5.74) is 7.99. The summed E-state index contributed by atoms with van der Waals surface area (Å²) in [5.74, 6) is -0.850. The van der Waals surface area contributed by atoms with E-state index >= 15 is 0 Å². The standard InChI is InChI=1S/C14H12BrFN2O/c1-8-2-4-10(17)7-13(8)18-14(19)9-3-5-11(15)12(16)6-9/h2-7H,17H2,1H3,(H,18,19). The average Bonchev–Trinajstić information content (AvgIpc) is 2.37. The first kappa shape index (κ1) is 13.5. The molecule has 2 aromatic carbocycles. The van der Waals surface area contributed by atoms with Gasteiger partial charge in [0.2, 0.25) is 0 Å². The molecule has 0 radical (unpaired) electrons. The molecule has 98 valence electrons. The van der Waals surface area contributed by atoms with Crippen LogP contribution in [0.1, 0.15) is 15.9 Å². The first-order chi connectivity index (χ1) is 8.97. The van der Waals surface area contributed by atoms with Crippen LogP contribution in [0, 0.1) is 12.7 Å². The Morgan fingerprint density at radius 1 is 1.26 bits per heavy atom. The lowest BCUT2D eigenvalue weighted by atomic mass is 10.1. The molecule has 3 nitrogen and oxygen atoms in total. The lowest BCUT2D eigenvalue weighted by Crippen LogP contribution is -2.13. The summed E-state index contributed by atoms with van der Waals surface area (Å²) in [6.07, 6.45) is 0. The van der Waals surface area contributed by atoms with E-state index in [1.54, 1.807) is 18.2 Å². The number of hydrogen-bond donors (Lipinski definition) is 2. The molecule has 0 saturated heterocycles. The molecule has 3 N–H and O–H groups in total.